The van der Waals surface area contributed by atoms with Crippen LogP contribution in [0, 0.1) is 11.3 Å². The van der Waals surface area contributed by atoms with E-state index in [1.54, 1.807) is 0 Å². The van der Waals surface area contributed by atoms with Gasteiger partial charge in [-0.25, -0.2) is 0 Å². The zero-order chi connectivity index (χ0) is 11.3. The summed E-state index contributed by atoms with van der Waals surface area (Å²) in [5.41, 5.74) is -0.0374. The van der Waals surface area contributed by atoms with E-state index < -0.39 is 0 Å². The zero-order valence-electron chi connectivity index (χ0n) is 9.20. The first-order valence-corrected chi connectivity index (χ1v) is 5.64. The molecule has 0 saturated heterocycles. The van der Waals surface area contributed by atoms with E-state index in [2.05, 4.69) is 23.8 Å². The zero-order valence-corrected chi connectivity index (χ0v) is 9.96. The first-order chi connectivity index (χ1) is 7.12. The van der Waals surface area contributed by atoms with E-state index in [0.717, 1.165) is 6.42 Å². The number of rotatable bonds is 4. The standard InChI is InChI=1S/C12H17ClO2/c1-12(9-13)8-4-3-5-10(12)6-7-11(14)15-2/h3-5,8,10H,6-7,9H2,1-2H3. The summed E-state index contributed by atoms with van der Waals surface area (Å²) in [7, 11) is 1.42. The number of ether oxygens (including phenoxy) is 1. The number of allylic oxidation sites excluding steroid dienone is 4. The Morgan fingerprint density at radius 1 is 1.53 bits per heavy atom. The molecule has 15 heavy (non-hydrogen) atoms. The van der Waals surface area contributed by atoms with Gasteiger partial charge >= 0.3 is 5.97 Å². The van der Waals surface area contributed by atoms with Crippen molar-refractivity contribution in [1.82, 2.24) is 0 Å². The van der Waals surface area contributed by atoms with E-state index in [9.17, 15) is 4.79 Å². The van der Waals surface area contributed by atoms with Gasteiger partial charge in [-0.3, -0.25) is 4.79 Å². The molecule has 0 radical (unpaired) electrons. The number of carbonyl (C=O) groups is 1. The Morgan fingerprint density at radius 2 is 2.27 bits per heavy atom. The lowest BCUT2D eigenvalue weighted by Gasteiger charge is -2.33. The van der Waals surface area contributed by atoms with Crippen LogP contribution in [-0.4, -0.2) is 19.0 Å². The molecule has 1 aliphatic carbocycles. The number of methoxy groups -OCH3 is 1. The Hall–Kier alpha value is -0.760. The molecule has 0 spiro atoms. The van der Waals surface area contributed by atoms with E-state index >= 15 is 0 Å². The van der Waals surface area contributed by atoms with E-state index in [0.29, 0.717) is 18.2 Å². The van der Waals surface area contributed by atoms with Crippen LogP contribution in [0.15, 0.2) is 24.3 Å². The molecular formula is C12H17ClO2. The average molecular weight is 229 g/mol. The van der Waals surface area contributed by atoms with Crippen LogP contribution in [0.4, 0.5) is 0 Å². The Kier molecular flexibility index (Phi) is 4.40. The molecule has 0 heterocycles. The highest BCUT2D eigenvalue weighted by molar-refractivity contribution is 6.18. The van der Waals surface area contributed by atoms with Gasteiger partial charge in [-0.1, -0.05) is 31.2 Å². The van der Waals surface area contributed by atoms with Gasteiger partial charge in [-0.15, -0.1) is 11.6 Å². The van der Waals surface area contributed by atoms with Crippen molar-refractivity contribution >= 4 is 17.6 Å². The summed E-state index contributed by atoms with van der Waals surface area (Å²) in [5, 5.41) is 0. The normalized spacial score (nSPS) is 29.1. The van der Waals surface area contributed by atoms with Gasteiger partial charge in [0.1, 0.15) is 0 Å². The average Bonchev–Trinajstić information content (AvgIpc) is 2.27. The Balaban J connectivity index is 2.56. The van der Waals surface area contributed by atoms with Gasteiger partial charge in [0.05, 0.1) is 7.11 Å². The summed E-state index contributed by atoms with van der Waals surface area (Å²) >= 11 is 5.96. The fourth-order valence-electron chi connectivity index (χ4n) is 1.76. The van der Waals surface area contributed by atoms with E-state index in [4.69, 9.17) is 11.6 Å². The van der Waals surface area contributed by atoms with Crippen molar-refractivity contribution in [2.24, 2.45) is 11.3 Å². The summed E-state index contributed by atoms with van der Waals surface area (Å²) in [4.78, 5) is 11.1. The third kappa shape index (κ3) is 3.10. The molecule has 0 bridgehead atoms. The maximum absolute atomic E-state index is 11.1. The number of alkyl halides is 1. The van der Waals surface area contributed by atoms with E-state index in [1.807, 2.05) is 12.2 Å². The second-order valence-electron chi connectivity index (χ2n) is 4.10. The lowest BCUT2D eigenvalue weighted by atomic mass is 9.74. The summed E-state index contributed by atoms with van der Waals surface area (Å²) in [6.07, 6.45) is 9.49. The van der Waals surface area contributed by atoms with Crippen molar-refractivity contribution in [3.63, 3.8) is 0 Å². The predicted octanol–water partition coefficient (Wildman–Crippen LogP) is 2.93. The first-order valence-electron chi connectivity index (χ1n) is 5.11. The SMILES string of the molecule is COC(=O)CCC1C=CC=CC1(C)CCl. The van der Waals surface area contributed by atoms with Crippen LogP contribution in [0.25, 0.3) is 0 Å². The van der Waals surface area contributed by atoms with Gasteiger partial charge in [0.15, 0.2) is 0 Å². The first kappa shape index (κ1) is 12.3. The van der Waals surface area contributed by atoms with Gasteiger partial charge < -0.3 is 4.74 Å². The fraction of sp³-hybridized carbons (Fsp3) is 0.583. The molecule has 2 atom stereocenters. The van der Waals surface area contributed by atoms with Crippen LogP contribution in [0.3, 0.4) is 0 Å². The van der Waals surface area contributed by atoms with Crippen LogP contribution in [0.2, 0.25) is 0 Å². The van der Waals surface area contributed by atoms with Crippen molar-refractivity contribution in [3.05, 3.63) is 24.3 Å². The fourth-order valence-corrected chi connectivity index (χ4v) is 2.05. The Bertz CT molecular complexity index is 283. The lowest BCUT2D eigenvalue weighted by molar-refractivity contribution is -0.141. The van der Waals surface area contributed by atoms with Crippen molar-refractivity contribution in [2.45, 2.75) is 19.8 Å². The van der Waals surface area contributed by atoms with Crippen molar-refractivity contribution in [3.8, 4) is 0 Å². The second kappa shape index (κ2) is 5.36. The minimum Gasteiger partial charge on any atom is -0.469 e. The minimum absolute atomic E-state index is 0.0374. The van der Waals surface area contributed by atoms with Gasteiger partial charge in [0, 0.05) is 17.7 Å². The molecule has 0 aromatic heterocycles. The van der Waals surface area contributed by atoms with Gasteiger partial charge in [-0.2, -0.15) is 0 Å². The highest BCUT2D eigenvalue weighted by Crippen LogP contribution is 2.37. The van der Waals surface area contributed by atoms with Gasteiger partial charge in [-0.05, 0) is 12.3 Å². The van der Waals surface area contributed by atoms with Crippen molar-refractivity contribution in [2.75, 3.05) is 13.0 Å². The maximum atomic E-state index is 11.1. The third-order valence-corrected chi connectivity index (χ3v) is 3.53. The molecule has 0 aliphatic heterocycles. The second-order valence-corrected chi connectivity index (χ2v) is 4.37. The lowest BCUT2D eigenvalue weighted by Crippen LogP contribution is -2.28. The largest absolute Gasteiger partial charge is 0.469 e. The summed E-state index contributed by atoms with van der Waals surface area (Å²) < 4.78 is 4.63. The van der Waals surface area contributed by atoms with Gasteiger partial charge in [0.2, 0.25) is 0 Å². The number of carbonyl (C=O) groups excluding carboxylic acids is 1. The number of esters is 1. The molecule has 0 N–H and O–H groups in total. The third-order valence-electron chi connectivity index (χ3n) is 2.95. The Morgan fingerprint density at radius 3 is 2.87 bits per heavy atom. The quantitative estimate of drug-likeness (QED) is 0.546. The topological polar surface area (TPSA) is 26.3 Å². The molecule has 2 nitrogen and oxygen atoms in total. The predicted molar refractivity (Wildman–Crippen MR) is 61.8 cm³/mol. The molecule has 0 amide bonds. The maximum Gasteiger partial charge on any atom is 0.305 e. The summed E-state index contributed by atoms with van der Waals surface area (Å²) in [6.45, 7) is 2.11. The molecule has 3 heteroatoms. The smallest absolute Gasteiger partial charge is 0.305 e. The summed E-state index contributed by atoms with van der Waals surface area (Å²) in [5.74, 6) is 0.730. The molecule has 2 unspecified atom stereocenters. The van der Waals surface area contributed by atoms with Crippen molar-refractivity contribution < 1.29 is 9.53 Å². The molecule has 0 saturated carbocycles. The molecular weight excluding hydrogens is 212 g/mol. The molecule has 1 aliphatic rings. The van der Waals surface area contributed by atoms with Crippen LogP contribution < -0.4 is 0 Å². The molecule has 0 aromatic carbocycles. The minimum atomic E-state index is -0.158. The van der Waals surface area contributed by atoms with Crippen LogP contribution in [0.5, 0.6) is 0 Å². The Labute approximate surface area is 95.9 Å². The number of hydrogen-bond acceptors (Lipinski definition) is 2. The van der Waals surface area contributed by atoms with Crippen LogP contribution in [-0.2, 0) is 9.53 Å². The molecule has 0 aromatic rings. The number of halogens is 1. The molecule has 1 rings (SSSR count). The highest BCUT2D eigenvalue weighted by Gasteiger charge is 2.30. The highest BCUT2D eigenvalue weighted by atomic mass is 35.5. The molecule has 84 valence electrons. The van der Waals surface area contributed by atoms with Crippen molar-refractivity contribution in [1.29, 1.82) is 0 Å². The van der Waals surface area contributed by atoms with Crippen LogP contribution >= 0.6 is 11.6 Å². The van der Waals surface area contributed by atoms with Gasteiger partial charge in [0.25, 0.3) is 0 Å². The molecule has 0 fully saturated rings. The monoisotopic (exact) mass is 228 g/mol. The summed E-state index contributed by atoms with van der Waals surface area (Å²) in [6, 6.07) is 0. The van der Waals surface area contributed by atoms with Crippen LogP contribution in [0.1, 0.15) is 19.8 Å². The van der Waals surface area contributed by atoms with E-state index in [1.165, 1.54) is 7.11 Å². The van der Waals surface area contributed by atoms with E-state index in [-0.39, 0.29) is 11.4 Å². The number of hydrogen-bond donors (Lipinski definition) is 0.